The summed E-state index contributed by atoms with van der Waals surface area (Å²) in [5, 5.41) is 6.78. The number of nitrogens with one attached hydrogen (secondary N) is 1. The van der Waals surface area contributed by atoms with E-state index < -0.39 is 0 Å². The molecule has 5 heteroatoms. The van der Waals surface area contributed by atoms with Crippen LogP contribution in [0.3, 0.4) is 0 Å². The Labute approximate surface area is 191 Å². The molecule has 4 nitrogen and oxygen atoms in total. The Morgan fingerprint density at radius 3 is 2.28 bits per heavy atom. The van der Waals surface area contributed by atoms with Gasteiger partial charge in [0.05, 0.1) is 12.5 Å². The standard InChI is InChI=1S/C27H23N3OS/c1-31-23-13-7-19(8-14-23)15-16-28-26-25-24(17-32-27(25)30-18-29-26)22-11-9-21(10-12-22)20-5-3-2-4-6-20/h2-14,17-18H,15-16H2,1H3,(H,28,29,30). The minimum Gasteiger partial charge on any atom is -0.497 e. The molecule has 0 saturated carbocycles. The molecule has 32 heavy (non-hydrogen) atoms. The Bertz CT molecular complexity index is 1310. The van der Waals surface area contributed by atoms with Gasteiger partial charge in [-0.2, -0.15) is 0 Å². The number of fused-ring (bicyclic) bond motifs is 1. The van der Waals surface area contributed by atoms with E-state index in [4.69, 9.17) is 4.74 Å². The molecule has 2 heterocycles. The van der Waals surface area contributed by atoms with E-state index in [2.05, 4.69) is 81.3 Å². The third-order valence-corrected chi connectivity index (χ3v) is 6.42. The highest BCUT2D eigenvalue weighted by Gasteiger charge is 2.13. The van der Waals surface area contributed by atoms with Crippen LogP contribution in [0.1, 0.15) is 5.56 Å². The molecule has 0 aliphatic carbocycles. The number of rotatable bonds is 7. The van der Waals surface area contributed by atoms with Crippen LogP contribution in [-0.2, 0) is 6.42 Å². The van der Waals surface area contributed by atoms with Gasteiger partial charge in [-0.25, -0.2) is 9.97 Å². The van der Waals surface area contributed by atoms with Crippen molar-refractivity contribution in [2.45, 2.75) is 6.42 Å². The summed E-state index contributed by atoms with van der Waals surface area (Å²) in [7, 11) is 1.69. The highest BCUT2D eigenvalue weighted by molar-refractivity contribution is 7.17. The van der Waals surface area contributed by atoms with Gasteiger partial charge in [0.15, 0.2) is 0 Å². The maximum absolute atomic E-state index is 5.24. The molecule has 0 radical (unpaired) electrons. The van der Waals surface area contributed by atoms with E-state index in [0.29, 0.717) is 0 Å². The van der Waals surface area contributed by atoms with Crippen LogP contribution >= 0.6 is 11.3 Å². The number of hydrogen-bond donors (Lipinski definition) is 1. The Morgan fingerprint density at radius 1 is 0.812 bits per heavy atom. The van der Waals surface area contributed by atoms with Crippen molar-refractivity contribution < 1.29 is 4.74 Å². The molecule has 0 fully saturated rings. The van der Waals surface area contributed by atoms with Crippen molar-refractivity contribution in [1.29, 1.82) is 0 Å². The Morgan fingerprint density at radius 2 is 1.53 bits per heavy atom. The number of ether oxygens (including phenoxy) is 1. The largest absolute Gasteiger partial charge is 0.497 e. The summed E-state index contributed by atoms with van der Waals surface area (Å²) in [6.45, 7) is 0.792. The Hall–Kier alpha value is -3.70. The molecule has 158 valence electrons. The van der Waals surface area contributed by atoms with E-state index in [1.165, 1.54) is 22.3 Å². The minimum absolute atomic E-state index is 0.792. The molecular formula is C27H23N3OS. The van der Waals surface area contributed by atoms with Crippen LogP contribution in [0.5, 0.6) is 5.75 Å². The van der Waals surface area contributed by atoms with Crippen LogP contribution in [0.15, 0.2) is 90.6 Å². The van der Waals surface area contributed by atoms with Gasteiger partial charge in [0.25, 0.3) is 0 Å². The number of anilines is 1. The van der Waals surface area contributed by atoms with Crippen LogP contribution in [-0.4, -0.2) is 23.6 Å². The van der Waals surface area contributed by atoms with Gasteiger partial charge in [-0.1, -0.05) is 66.7 Å². The summed E-state index contributed by atoms with van der Waals surface area (Å²) in [5.74, 6) is 1.76. The van der Waals surface area contributed by atoms with Crippen molar-refractivity contribution in [3.63, 3.8) is 0 Å². The van der Waals surface area contributed by atoms with Crippen LogP contribution in [0.4, 0.5) is 5.82 Å². The molecule has 0 spiro atoms. The van der Waals surface area contributed by atoms with E-state index in [-0.39, 0.29) is 0 Å². The number of hydrogen-bond acceptors (Lipinski definition) is 5. The van der Waals surface area contributed by atoms with Gasteiger partial charge in [-0.15, -0.1) is 11.3 Å². The Balaban J connectivity index is 1.38. The third-order valence-electron chi connectivity index (χ3n) is 5.54. The van der Waals surface area contributed by atoms with Crippen molar-refractivity contribution in [3.05, 3.63) is 96.1 Å². The highest BCUT2D eigenvalue weighted by Crippen LogP contribution is 2.37. The minimum atomic E-state index is 0.792. The summed E-state index contributed by atoms with van der Waals surface area (Å²) in [6.07, 6.45) is 2.54. The lowest BCUT2D eigenvalue weighted by atomic mass is 10.0. The van der Waals surface area contributed by atoms with Crippen LogP contribution < -0.4 is 10.1 Å². The number of methoxy groups -OCH3 is 1. The van der Waals surface area contributed by atoms with E-state index in [9.17, 15) is 0 Å². The van der Waals surface area contributed by atoms with E-state index in [1.807, 2.05) is 18.2 Å². The summed E-state index contributed by atoms with van der Waals surface area (Å²) >= 11 is 1.65. The first-order valence-corrected chi connectivity index (χ1v) is 11.4. The summed E-state index contributed by atoms with van der Waals surface area (Å²) < 4.78 is 5.24. The fourth-order valence-corrected chi connectivity index (χ4v) is 4.73. The van der Waals surface area contributed by atoms with Gasteiger partial charge >= 0.3 is 0 Å². The molecule has 2 aromatic heterocycles. The second-order valence-corrected chi connectivity index (χ2v) is 8.38. The van der Waals surface area contributed by atoms with Gasteiger partial charge in [0.2, 0.25) is 0 Å². The van der Waals surface area contributed by atoms with E-state index >= 15 is 0 Å². The molecule has 0 unspecified atom stereocenters. The molecule has 0 saturated heterocycles. The second kappa shape index (κ2) is 9.20. The first-order valence-electron chi connectivity index (χ1n) is 10.6. The monoisotopic (exact) mass is 437 g/mol. The summed E-state index contributed by atoms with van der Waals surface area (Å²) in [5.41, 5.74) is 6.02. The lowest BCUT2D eigenvalue weighted by molar-refractivity contribution is 0.414. The molecule has 5 rings (SSSR count). The second-order valence-electron chi connectivity index (χ2n) is 7.52. The number of benzene rings is 3. The van der Waals surface area contributed by atoms with Crippen molar-refractivity contribution in [3.8, 4) is 28.0 Å². The van der Waals surface area contributed by atoms with Crippen molar-refractivity contribution in [2.24, 2.45) is 0 Å². The van der Waals surface area contributed by atoms with Crippen LogP contribution in [0, 0.1) is 0 Å². The highest BCUT2D eigenvalue weighted by atomic mass is 32.1. The topological polar surface area (TPSA) is 47.0 Å². The maximum atomic E-state index is 5.24. The lowest BCUT2D eigenvalue weighted by Gasteiger charge is -2.09. The van der Waals surface area contributed by atoms with Crippen LogP contribution in [0.2, 0.25) is 0 Å². The number of thiophene rings is 1. The predicted octanol–water partition coefficient (Wildman–Crippen LogP) is 6.69. The van der Waals surface area contributed by atoms with Crippen molar-refractivity contribution >= 4 is 27.4 Å². The SMILES string of the molecule is COc1ccc(CCNc2ncnc3scc(-c4ccc(-c5ccccc5)cc4)c23)cc1. The fourth-order valence-electron chi connectivity index (χ4n) is 3.81. The number of aromatic nitrogens is 2. The quantitative estimate of drug-likeness (QED) is 0.308. The molecule has 0 aliphatic heterocycles. The first-order chi connectivity index (χ1) is 15.8. The van der Waals surface area contributed by atoms with Gasteiger partial charge in [0, 0.05) is 17.5 Å². The first kappa shape index (κ1) is 20.2. The molecule has 0 amide bonds. The van der Waals surface area contributed by atoms with Gasteiger partial charge in [-0.3, -0.25) is 0 Å². The zero-order valence-corrected chi connectivity index (χ0v) is 18.6. The maximum Gasteiger partial charge on any atom is 0.138 e. The lowest BCUT2D eigenvalue weighted by Crippen LogP contribution is -2.07. The van der Waals surface area contributed by atoms with Gasteiger partial charge in [-0.05, 0) is 40.8 Å². The van der Waals surface area contributed by atoms with Crippen molar-refractivity contribution in [2.75, 3.05) is 19.0 Å². The van der Waals surface area contributed by atoms with Crippen LogP contribution in [0.25, 0.3) is 32.5 Å². The molecule has 0 atom stereocenters. The van der Waals surface area contributed by atoms with Gasteiger partial charge < -0.3 is 10.1 Å². The fraction of sp³-hybridized carbons (Fsp3) is 0.111. The molecule has 0 bridgehead atoms. The number of nitrogens with zero attached hydrogens (tertiary/aromatic N) is 2. The molecule has 3 aromatic carbocycles. The molecule has 1 N–H and O–H groups in total. The molecule has 5 aromatic rings. The zero-order valence-electron chi connectivity index (χ0n) is 17.8. The van der Waals surface area contributed by atoms with E-state index in [1.54, 1.807) is 24.8 Å². The summed E-state index contributed by atoms with van der Waals surface area (Å²) in [6, 6.07) is 27.3. The van der Waals surface area contributed by atoms with Crippen molar-refractivity contribution in [1.82, 2.24) is 9.97 Å². The van der Waals surface area contributed by atoms with Gasteiger partial charge in [0.1, 0.15) is 22.7 Å². The normalized spacial score (nSPS) is 10.9. The zero-order chi connectivity index (χ0) is 21.8. The molecule has 0 aliphatic rings. The predicted molar refractivity (Wildman–Crippen MR) is 133 cm³/mol. The Kier molecular flexibility index (Phi) is 5.81. The average Bonchev–Trinajstić information content (AvgIpc) is 3.30. The smallest absolute Gasteiger partial charge is 0.138 e. The molecular weight excluding hydrogens is 414 g/mol. The third kappa shape index (κ3) is 4.20. The summed E-state index contributed by atoms with van der Waals surface area (Å²) in [4.78, 5) is 10.0. The average molecular weight is 438 g/mol. The van der Waals surface area contributed by atoms with E-state index in [0.717, 1.165) is 40.3 Å².